The van der Waals surface area contributed by atoms with E-state index in [-0.39, 0.29) is 5.91 Å². The number of amides is 1. The molecule has 0 saturated heterocycles. The van der Waals surface area contributed by atoms with Crippen molar-refractivity contribution in [2.75, 3.05) is 5.88 Å². The smallest absolute Gasteiger partial charge is 0.220 e. The number of hydrogen-bond acceptors (Lipinski definition) is 2. The van der Waals surface area contributed by atoms with Gasteiger partial charge in [-0.15, -0.1) is 22.9 Å². The summed E-state index contributed by atoms with van der Waals surface area (Å²) >= 11 is 7.21. The molecule has 0 aliphatic rings. The Morgan fingerprint density at radius 2 is 2.40 bits per heavy atom. The highest BCUT2D eigenvalue weighted by atomic mass is 35.5. The first kappa shape index (κ1) is 12.5. The third kappa shape index (κ3) is 4.22. The number of hydrogen-bond donors (Lipinski definition) is 1. The lowest BCUT2D eigenvalue weighted by molar-refractivity contribution is -0.121. The van der Waals surface area contributed by atoms with Crippen LogP contribution in [0.15, 0.2) is 11.4 Å². The highest BCUT2D eigenvalue weighted by molar-refractivity contribution is 7.10. The first-order valence-corrected chi connectivity index (χ1v) is 6.57. The number of alkyl halides is 1. The van der Waals surface area contributed by atoms with Crippen LogP contribution in [0.2, 0.25) is 0 Å². The SMILES string of the molecule is CCc1ccsc1CNC(=O)CCCCl. The van der Waals surface area contributed by atoms with Gasteiger partial charge in [0.05, 0.1) is 6.54 Å². The van der Waals surface area contributed by atoms with Gasteiger partial charge >= 0.3 is 0 Å². The van der Waals surface area contributed by atoms with Crippen LogP contribution in [-0.2, 0) is 17.8 Å². The second kappa shape index (κ2) is 6.85. The summed E-state index contributed by atoms with van der Waals surface area (Å²) in [6, 6.07) is 2.12. The number of carbonyl (C=O) groups is 1. The molecular weight excluding hydrogens is 230 g/mol. The van der Waals surface area contributed by atoms with Crippen molar-refractivity contribution >= 4 is 28.8 Å². The molecule has 0 aliphatic carbocycles. The minimum Gasteiger partial charge on any atom is -0.351 e. The lowest BCUT2D eigenvalue weighted by atomic mass is 10.2. The molecule has 15 heavy (non-hydrogen) atoms. The Hall–Kier alpha value is -0.540. The summed E-state index contributed by atoms with van der Waals surface area (Å²) in [5.41, 5.74) is 1.33. The van der Waals surface area contributed by atoms with Gasteiger partial charge in [-0.2, -0.15) is 0 Å². The molecule has 0 radical (unpaired) electrons. The molecule has 0 aliphatic heterocycles. The first-order chi connectivity index (χ1) is 7.27. The molecule has 2 nitrogen and oxygen atoms in total. The number of carbonyl (C=O) groups excluding carboxylic acids is 1. The molecule has 1 aromatic rings. The van der Waals surface area contributed by atoms with Crippen molar-refractivity contribution < 1.29 is 4.79 Å². The van der Waals surface area contributed by atoms with Crippen LogP contribution in [0.25, 0.3) is 0 Å². The maximum atomic E-state index is 11.3. The van der Waals surface area contributed by atoms with Crippen LogP contribution in [0.3, 0.4) is 0 Å². The number of thiophene rings is 1. The van der Waals surface area contributed by atoms with Crippen LogP contribution < -0.4 is 5.32 Å². The minimum absolute atomic E-state index is 0.0890. The summed E-state index contributed by atoms with van der Waals surface area (Å²) in [4.78, 5) is 12.6. The molecule has 1 amide bonds. The summed E-state index contributed by atoms with van der Waals surface area (Å²) in [6.07, 6.45) is 2.30. The average molecular weight is 246 g/mol. The highest BCUT2D eigenvalue weighted by Gasteiger charge is 2.04. The van der Waals surface area contributed by atoms with Crippen molar-refractivity contribution in [3.63, 3.8) is 0 Å². The molecule has 0 bridgehead atoms. The van der Waals surface area contributed by atoms with Gasteiger partial charge in [-0.1, -0.05) is 6.92 Å². The highest BCUT2D eigenvalue weighted by Crippen LogP contribution is 2.16. The Kier molecular flexibility index (Phi) is 5.73. The van der Waals surface area contributed by atoms with E-state index in [0.717, 1.165) is 12.8 Å². The first-order valence-electron chi connectivity index (χ1n) is 5.15. The maximum absolute atomic E-state index is 11.3. The molecule has 0 spiro atoms. The average Bonchev–Trinajstić information content (AvgIpc) is 2.70. The van der Waals surface area contributed by atoms with E-state index >= 15 is 0 Å². The van der Waals surface area contributed by atoms with E-state index in [1.54, 1.807) is 11.3 Å². The molecule has 0 fully saturated rings. The summed E-state index contributed by atoms with van der Waals surface area (Å²) in [6.45, 7) is 2.78. The predicted molar refractivity (Wildman–Crippen MR) is 65.5 cm³/mol. The Bertz CT molecular complexity index is 311. The van der Waals surface area contributed by atoms with Crippen molar-refractivity contribution in [2.45, 2.75) is 32.7 Å². The minimum atomic E-state index is 0.0890. The standard InChI is InChI=1S/C11H16ClNOS/c1-2-9-5-7-15-10(9)8-13-11(14)4-3-6-12/h5,7H,2-4,6,8H2,1H3,(H,13,14). The van der Waals surface area contributed by atoms with Gasteiger partial charge in [0.1, 0.15) is 0 Å². The number of aryl methyl sites for hydroxylation is 1. The molecule has 1 heterocycles. The van der Waals surface area contributed by atoms with E-state index < -0.39 is 0 Å². The third-order valence-corrected chi connectivity index (χ3v) is 3.43. The second-order valence-electron chi connectivity index (χ2n) is 3.29. The quantitative estimate of drug-likeness (QED) is 0.768. The van der Waals surface area contributed by atoms with Crippen molar-refractivity contribution in [3.8, 4) is 0 Å². The maximum Gasteiger partial charge on any atom is 0.220 e. The van der Waals surface area contributed by atoms with Crippen LogP contribution in [-0.4, -0.2) is 11.8 Å². The van der Waals surface area contributed by atoms with Crippen molar-refractivity contribution in [3.05, 3.63) is 21.9 Å². The Morgan fingerprint density at radius 1 is 1.60 bits per heavy atom. The van der Waals surface area contributed by atoms with Crippen LogP contribution in [0.4, 0.5) is 0 Å². The monoisotopic (exact) mass is 245 g/mol. The van der Waals surface area contributed by atoms with Crippen molar-refractivity contribution in [2.24, 2.45) is 0 Å². The normalized spacial score (nSPS) is 10.3. The van der Waals surface area contributed by atoms with Crippen molar-refractivity contribution in [1.82, 2.24) is 5.32 Å². The topological polar surface area (TPSA) is 29.1 Å². The molecule has 1 rings (SSSR count). The van der Waals surface area contributed by atoms with E-state index in [9.17, 15) is 4.79 Å². The zero-order valence-corrected chi connectivity index (χ0v) is 10.5. The van der Waals surface area contributed by atoms with Crippen molar-refractivity contribution in [1.29, 1.82) is 0 Å². The molecule has 0 unspecified atom stereocenters. The van der Waals surface area contributed by atoms with Gasteiger partial charge in [-0.05, 0) is 29.9 Å². The van der Waals surface area contributed by atoms with Crippen LogP contribution in [0, 0.1) is 0 Å². The number of rotatable bonds is 6. The lowest BCUT2D eigenvalue weighted by Gasteiger charge is -2.04. The third-order valence-electron chi connectivity index (χ3n) is 2.20. The van der Waals surface area contributed by atoms with Gasteiger partial charge in [-0.3, -0.25) is 4.79 Å². The largest absolute Gasteiger partial charge is 0.351 e. The fraction of sp³-hybridized carbons (Fsp3) is 0.545. The van der Waals surface area contributed by atoms with Gasteiger partial charge in [0, 0.05) is 17.2 Å². The van der Waals surface area contributed by atoms with E-state index in [2.05, 4.69) is 23.7 Å². The molecule has 4 heteroatoms. The summed E-state index contributed by atoms with van der Waals surface area (Å²) in [7, 11) is 0. The lowest BCUT2D eigenvalue weighted by Crippen LogP contribution is -2.22. The van der Waals surface area contributed by atoms with E-state index in [0.29, 0.717) is 18.8 Å². The zero-order chi connectivity index (χ0) is 11.1. The molecular formula is C11H16ClNOS. The second-order valence-corrected chi connectivity index (χ2v) is 4.67. The van der Waals surface area contributed by atoms with Gasteiger partial charge in [-0.25, -0.2) is 0 Å². The van der Waals surface area contributed by atoms with Crippen LogP contribution in [0.5, 0.6) is 0 Å². The molecule has 0 aromatic carbocycles. The Morgan fingerprint density at radius 3 is 3.07 bits per heavy atom. The molecule has 1 aromatic heterocycles. The van der Waals surface area contributed by atoms with E-state index in [1.165, 1.54) is 10.4 Å². The fourth-order valence-corrected chi connectivity index (χ4v) is 2.38. The van der Waals surface area contributed by atoms with E-state index in [1.807, 2.05) is 0 Å². The van der Waals surface area contributed by atoms with Gasteiger partial charge < -0.3 is 5.32 Å². The summed E-state index contributed by atoms with van der Waals surface area (Å²) < 4.78 is 0. The van der Waals surface area contributed by atoms with Gasteiger partial charge in [0.2, 0.25) is 5.91 Å². The van der Waals surface area contributed by atoms with Gasteiger partial charge in [0.15, 0.2) is 0 Å². The Labute approximate surface area is 99.6 Å². The summed E-state index contributed by atoms with van der Waals surface area (Å²) in [5, 5.41) is 4.98. The van der Waals surface area contributed by atoms with Crippen LogP contribution in [0.1, 0.15) is 30.2 Å². The summed E-state index contributed by atoms with van der Waals surface area (Å²) in [5.74, 6) is 0.637. The molecule has 1 N–H and O–H groups in total. The number of halogens is 1. The number of nitrogens with one attached hydrogen (secondary N) is 1. The fourth-order valence-electron chi connectivity index (χ4n) is 1.33. The molecule has 0 atom stereocenters. The van der Waals surface area contributed by atoms with E-state index in [4.69, 9.17) is 11.6 Å². The van der Waals surface area contributed by atoms with Gasteiger partial charge in [0.25, 0.3) is 0 Å². The molecule has 0 saturated carbocycles. The zero-order valence-electron chi connectivity index (χ0n) is 8.88. The molecule has 84 valence electrons. The van der Waals surface area contributed by atoms with Crippen LogP contribution >= 0.6 is 22.9 Å². The Balaban J connectivity index is 2.33. The predicted octanol–water partition coefficient (Wildman–Crippen LogP) is 2.95.